The summed E-state index contributed by atoms with van der Waals surface area (Å²) in [6.07, 6.45) is 0.596. The Hall–Kier alpha value is -1.63. The van der Waals surface area contributed by atoms with Gasteiger partial charge in [0.2, 0.25) is 5.91 Å². The molecule has 2 aliphatic heterocycles. The van der Waals surface area contributed by atoms with Crippen LogP contribution in [0.2, 0.25) is 0 Å². The van der Waals surface area contributed by atoms with Gasteiger partial charge in [-0.25, -0.2) is 0 Å². The second-order valence-electron chi connectivity index (χ2n) is 6.81. The quantitative estimate of drug-likeness (QED) is 0.802. The maximum atomic E-state index is 12.7. The van der Waals surface area contributed by atoms with Crippen molar-refractivity contribution in [2.75, 3.05) is 66.6 Å². The molecule has 0 N–H and O–H groups in total. The molecule has 0 aromatic heterocycles. The summed E-state index contributed by atoms with van der Waals surface area (Å²) in [5, 5.41) is 0. The number of likely N-dealkylation sites (N-methyl/N-ethyl adjacent to an activating group) is 1. The Bertz CT molecular complexity index is 558. The zero-order valence-corrected chi connectivity index (χ0v) is 15.3. The van der Waals surface area contributed by atoms with Gasteiger partial charge in [-0.1, -0.05) is 12.1 Å². The molecular weight excluding hydrogens is 318 g/mol. The topological polar surface area (TPSA) is 45.3 Å². The molecule has 2 fully saturated rings. The minimum atomic E-state index is 0.243. The third kappa shape index (κ3) is 4.71. The number of rotatable bonds is 5. The highest BCUT2D eigenvalue weighted by molar-refractivity contribution is 5.76. The minimum absolute atomic E-state index is 0.243. The number of benzene rings is 1. The largest absolute Gasteiger partial charge is 0.497 e. The third-order valence-corrected chi connectivity index (χ3v) is 5.25. The second-order valence-corrected chi connectivity index (χ2v) is 6.81. The third-order valence-electron chi connectivity index (χ3n) is 5.25. The lowest BCUT2D eigenvalue weighted by atomic mass is 10.0. The van der Waals surface area contributed by atoms with E-state index in [0.29, 0.717) is 6.42 Å². The first-order chi connectivity index (χ1) is 12.2. The number of hydrogen-bond donors (Lipinski definition) is 0. The maximum absolute atomic E-state index is 12.7. The maximum Gasteiger partial charge on any atom is 0.223 e. The Morgan fingerprint density at radius 3 is 2.56 bits per heavy atom. The summed E-state index contributed by atoms with van der Waals surface area (Å²) in [6.45, 7) is 6.73. The molecular formula is C19H29N3O3. The Kier molecular flexibility index (Phi) is 6.29. The van der Waals surface area contributed by atoms with Crippen LogP contribution < -0.4 is 4.74 Å². The summed E-state index contributed by atoms with van der Waals surface area (Å²) in [6, 6.07) is 8.42. The molecule has 0 spiro atoms. The SMILES string of the molecule is COc1ccc([C@@H]2CN(C(=O)CCN3CCOCC3)CCN2C)cc1. The van der Waals surface area contributed by atoms with E-state index in [0.717, 1.165) is 58.2 Å². The Morgan fingerprint density at radius 2 is 1.88 bits per heavy atom. The lowest BCUT2D eigenvalue weighted by Gasteiger charge is -2.40. The van der Waals surface area contributed by atoms with Gasteiger partial charge in [0.1, 0.15) is 5.75 Å². The average molecular weight is 347 g/mol. The van der Waals surface area contributed by atoms with Gasteiger partial charge in [0.05, 0.1) is 26.4 Å². The van der Waals surface area contributed by atoms with E-state index in [-0.39, 0.29) is 11.9 Å². The fraction of sp³-hybridized carbons (Fsp3) is 0.632. The van der Waals surface area contributed by atoms with Gasteiger partial charge >= 0.3 is 0 Å². The van der Waals surface area contributed by atoms with Crippen LogP contribution in [0.15, 0.2) is 24.3 Å². The lowest BCUT2D eigenvalue weighted by Crippen LogP contribution is -2.49. The molecule has 2 aliphatic rings. The standard InChI is InChI=1S/C19H29N3O3/c1-20-9-10-22(19(23)7-8-21-11-13-25-14-12-21)15-18(20)16-3-5-17(24-2)6-4-16/h3-6,18H,7-15H2,1-2H3/t18-/m0/s1. The zero-order valence-electron chi connectivity index (χ0n) is 15.3. The summed E-state index contributed by atoms with van der Waals surface area (Å²) in [7, 11) is 3.81. The van der Waals surface area contributed by atoms with E-state index in [1.807, 2.05) is 17.0 Å². The van der Waals surface area contributed by atoms with Gasteiger partial charge in [-0.3, -0.25) is 14.6 Å². The number of morpholine rings is 1. The molecule has 138 valence electrons. The Labute approximate surface area is 150 Å². The molecule has 6 heteroatoms. The highest BCUT2D eigenvalue weighted by atomic mass is 16.5. The van der Waals surface area contributed by atoms with E-state index in [2.05, 4.69) is 29.0 Å². The number of nitrogens with zero attached hydrogens (tertiary/aromatic N) is 3. The van der Waals surface area contributed by atoms with Crippen LogP contribution in [-0.4, -0.2) is 87.2 Å². The normalized spacial score (nSPS) is 22.8. The summed E-state index contributed by atoms with van der Waals surface area (Å²) in [4.78, 5) is 19.3. The first-order valence-corrected chi connectivity index (χ1v) is 9.09. The van der Waals surface area contributed by atoms with E-state index in [1.54, 1.807) is 7.11 Å². The van der Waals surface area contributed by atoms with Crippen molar-refractivity contribution in [1.82, 2.24) is 14.7 Å². The summed E-state index contributed by atoms with van der Waals surface area (Å²) in [5.41, 5.74) is 1.23. The van der Waals surface area contributed by atoms with Gasteiger partial charge in [-0.15, -0.1) is 0 Å². The molecule has 1 aromatic rings. The van der Waals surface area contributed by atoms with Crippen molar-refractivity contribution in [2.24, 2.45) is 0 Å². The van der Waals surface area contributed by atoms with Gasteiger partial charge in [0, 0.05) is 45.7 Å². The summed E-state index contributed by atoms with van der Waals surface area (Å²) in [5.74, 6) is 1.12. The van der Waals surface area contributed by atoms with Crippen molar-refractivity contribution >= 4 is 5.91 Å². The molecule has 6 nitrogen and oxygen atoms in total. The highest BCUT2D eigenvalue weighted by Crippen LogP contribution is 2.26. The molecule has 1 atom stereocenters. The monoisotopic (exact) mass is 347 g/mol. The zero-order chi connectivity index (χ0) is 17.6. The molecule has 0 unspecified atom stereocenters. The van der Waals surface area contributed by atoms with E-state index in [9.17, 15) is 4.79 Å². The number of carbonyl (C=O) groups is 1. The van der Waals surface area contributed by atoms with Crippen LogP contribution in [0.1, 0.15) is 18.0 Å². The molecule has 1 amide bonds. The molecule has 2 heterocycles. The molecule has 2 saturated heterocycles. The van der Waals surface area contributed by atoms with Gasteiger partial charge < -0.3 is 14.4 Å². The lowest BCUT2D eigenvalue weighted by molar-refractivity contribution is -0.134. The van der Waals surface area contributed by atoms with Crippen LogP contribution in [0, 0.1) is 0 Å². The molecule has 3 rings (SSSR count). The predicted octanol–water partition coefficient (Wildman–Crippen LogP) is 1.23. The van der Waals surface area contributed by atoms with Crippen LogP contribution in [-0.2, 0) is 9.53 Å². The molecule has 0 aliphatic carbocycles. The average Bonchev–Trinajstić information content (AvgIpc) is 2.67. The Balaban J connectivity index is 1.56. The number of methoxy groups -OCH3 is 1. The second kappa shape index (κ2) is 8.65. The number of ether oxygens (including phenoxy) is 2. The van der Waals surface area contributed by atoms with Gasteiger partial charge in [-0.2, -0.15) is 0 Å². The van der Waals surface area contributed by atoms with E-state index in [1.165, 1.54) is 5.56 Å². The first kappa shape index (κ1) is 18.2. The minimum Gasteiger partial charge on any atom is -0.497 e. The number of carbonyl (C=O) groups excluding carboxylic acids is 1. The van der Waals surface area contributed by atoms with E-state index >= 15 is 0 Å². The van der Waals surface area contributed by atoms with Crippen molar-refractivity contribution in [2.45, 2.75) is 12.5 Å². The van der Waals surface area contributed by atoms with Crippen molar-refractivity contribution < 1.29 is 14.3 Å². The van der Waals surface area contributed by atoms with Crippen LogP contribution in [0.4, 0.5) is 0 Å². The van der Waals surface area contributed by atoms with Crippen LogP contribution >= 0.6 is 0 Å². The van der Waals surface area contributed by atoms with Gasteiger partial charge in [-0.05, 0) is 24.7 Å². The fourth-order valence-corrected chi connectivity index (χ4v) is 3.52. The molecule has 0 saturated carbocycles. The molecule has 0 radical (unpaired) electrons. The number of amides is 1. The van der Waals surface area contributed by atoms with Gasteiger partial charge in [0.25, 0.3) is 0 Å². The summed E-state index contributed by atoms with van der Waals surface area (Å²) < 4.78 is 10.6. The van der Waals surface area contributed by atoms with E-state index < -0.39 is 0 Å². The molecule has 1 aromatic carbocycles. The fourth-order valence-electron chi connectivity index (χ4n) is 3.52. The highest BCUT2D eigenvalue weighted by Gasteiger charge is 2.28. The Morgan fingerprint density at radius 1 is 1.16 bits per heavy atom. The molecule has 0 bridgehead atoms. The summed E-state index contributed by atoms with van der Waals surface area (Å²) >= 11 is 0. The predicted molar refractivity (Wildman–Crippen MR) is 96.8 cm³/mol. The van der Waals surface area contributed by atoms with Crippen LogP contribution in [0.5, 0.6) is 5.75 Å². The smallest absolute Gasteiger partial charge is 0.223 e. The van der Waals surface area contributed by atoms with Crippen molar-refractivity contribution in [1.29, 1.82) is 0 Å². The van der Waals surface area contributed by atoms with Crippen molar-refractivity contribution in [3.8, 4) is 5.75 Å². The van der Waals surface area contributed by atoms with E-state index in [4.69, 9.17) is 9.47 Å². The van der Waals surface area contributed by atoms with Gasteiger partial charge in [0.15, 0.2) is 0 Å². The molecule has 25 heavy (non-hydrogen) atoms. The number of piperazine rings is 1. The number of hydrogen-bond acceptors (Lipinski definition) is 5. The van der Waals surface area contributed by atoms with Crippen molar-refractivity contribution in [3.63, 3.8) is 0 Å². The van der Waals surface area contributed by atoms with Crippen molar-refractivity contribution in [3.05, 3.63) is 29.8 Å². The van der Waals surface area contributed by atoms with Crippen LogP contribution in [0.3, 0.4) is 0 Å². The first-order valence-electron chi connectivity index (χ1n) is 9.09. The van der Waals surface area contributed by atoms with Crippen LogP contribution in [0.25, 0.3) is 0 Å².